The van der Waals surface area contributed by atoms with Crippen molar-refractivity contribution in [3.8, 4) is 5.75 Å². The molecule has 1 fully saturated rings. The van der Waals surface area contributed by atoms with Gasteiger partial charge in [0, 0.05) is 57.0 Å². The van der Waals surface area contributed by atoms with Gasteiger partial charge in [-0.2, -0.15) is 44.5 Å². The van der Waals surface area contributed by atoms with E-state index in [0.717, 1.165) is 48.6 Å². The Morgan fingerprint density at radius 2 is 1.48 bits per heavy atom. The number of piperazine rings is 1. The predicted molar refractivity (Wildman–Crippen MR) is 188 cm³/mol. The number of pyridine rings is 2. The molecule has 6 rings (SSSR count). The number of hydrogen-bond donors (Lipinski definition) is 2. The lowest BCUT2D eigenvalue weighted by molar-refractivity contribution is -0.193. The van der Waals surface area contributed by atoms with Crippen molar-refractivity contribution in [3.05, 3.63) is 89.1 Å². The van der Waals surface area contributed by atoms with Gasteiger partial charge in [0.05, 0.1) is 18.1 Å². The number of Topliss-reactive ketones (excluding diaryl/α,β-unsaturated/α-hetero) is 2. The van der Waals surface area contributed by atoms with Gasteiger partial charge < -0.3 is 20.3 Å². The van der Waals surface area contributed by atoms with Gasteiger partial charge in [0.25, 0.3) is 5.91 Å². The normalized spacial score (nSPS) is 14.2. The highest BCUT2D eigenvalue weighted by Gasteiger charge is 2.54. The standard InChI is InChI=1S/C29H29ClN8O2.C4F6O2.C2HF3O/c30-25-17-33-29-35-24-12-20(14-32-16-24)3-4-22-13-23(34-28(25)36-29)5-6-26(22)40-19-27(39)38-10-8-37(9-11-38)18-21-2-1-7-31-15-21;5-3(6,7)1(11)2(12)4(8,9)10;3-2(4,5)1-6/h1-2,5-7,12-17H,3-4,8-11,18-19H2,(H2,33,34,35,36);;1H. The number of hydrogen-bond acceptors (Lipinski definition) is 12. The van der Waals surface area contributed by atoms with Crippen molar-refractivity contribution in [1.82, 2.24) is 29.7 Å². The van der Waals surface area contributed by atoms with E-state index < -0.39 is 36.4 Å². The Balaban J connectivity index is 0.000000346. The van der Waals surface area contributed by atoms with Gasteiger partial charge in [0.15, 0.2) is 12.4 Å². The van der Waals surface area contributed by atoms with Crippen LogP contribution in [-0.4, -0.2) is 105 Å². The lowest BCUT2D eigenvalue weighted by Gasteiger charge is -2.34. The minimum atomic E-state index is -5.77. The van der Waals surface area contributed by atoms with Crippen LogP contribution in [0.15, 0.2) is 67.4 Å². The number of nitrogens with one attached hydrogen (secondary N) is 2. The highest BCUT2D eigenvalue weighted by molar-refractivity contribution is 6.41. The number of benzene rings is 1. The number of ketones is 2. The van der Waals surface area contributed by atoms with Crippen molar-refractivity contribution in [1.29, 1.82) is 0 Å². The van der Waals surface area contributed by atoms with Gasteiger partial charge in [0.2, 0.25) is 12.2 Å². The maximum absolute atomic E-state index is 13.0. The van der Waals surface area contributed by atoms with E-state index in [1.165, 1.54) is 5.56 Å². The van der Waals surface area contributed by atoms with E-state index in [0.29, 0.717) is 42.0 Å². The van der Waals surface area contributed by atoms with Crippen LogP contribution in [0.25, 0.3) is 0 Å². The second kappa shape index (κ2) is 19.5. The first kappa shape index (κ1) is 44.8. The first-order valence-electron chi connectivity index (χ1n) is 16.6. The number of anilines is 4. The van der Waals surface area contributed by atoms with Crippen molar-refractivity contribution in [2.24, 2.45) is 0 Å². The second-order valence-corrected chi connectivity index (χ2v) is 12.6. The summed E-state index contributed by atoms with van der Waals surface area (Å²) in [6, 6.07) is 11.8. The van der Waals surface area contributed by atoms with Crippen molar-refractivity contribution >= 4 is 58.5 Å². The van der Waals surface area contributed by atoms with Crippen LogP contribution < -0.4 is 15.4 Å². The minimum absolute atomic E-state index is 0.00948. The average molecular weight is 849 g/mol. The molecule has 0 saturated carbocycles. The quantitative estimate of drug-likeness (QED) is 0.128. The van der Waals surface area contributed by atoms with Crippen LogP contribution in [0.3, 0.4) is 0 Å². The molecule has 0 radical (unpaired) electrons. The molecule has 0 unspecified atom stereocenters. The summed E-state index contributed by atoms with van der Waals surface area (Å²) in [4.78, 5) is 62.5. The number of nitrogens with zero attached hydrogens (tertiary/aromatic N) is 6. The van der Waals surface area contributed by atoms with E-state index in [2.05, 4.69) is 41.5 Å². The summed E-state index contributed by atoms with van der Waals surface area (Å²) in [6.07, 6.45) is -7.00. The number of halogens is 10. The van der Waals surface area contributed by atoms with Crippen molar-refractivity contribution in [3.63, 3.8) is 0 Å². The van der Waals surface area contributed by atoms with Gasteiger partial charge in [-0.3, -0.25) is 34.0 Å². The van der Waals surface area contributed by atoms with Crippen LogP contribution in [0.1, 0.15) is 16.7 Å². The monoisotopic (exact) mass is 848 g/mol. The molecule has 0 spiro atoms. The summed E-state index contributed by atoms with van der Waals surface area (Å²) in [5.74, 6) is -5.24. The molecule has 1 saturated heterocycles. The van der Waals surface area contributed by atoms with Gasteiger partial charge >= 0.3 is 30.1 Å². The summed E-state index contributed by atoms with van der Waals surface area (Å²) in [6.45, 7) is 3.83. The molecule has 1 amide bonds. The van der Waals surface area contributed by atoms with E-state index in [1.807, 2.05) is 47.6 Å². The van der Waals surface area contributed by atoms with E-state index >= 15 is 0 Å². The molecule has 13 nitrogen and oxygen atoms in total. The van der Waals surface area contributed by atoms with Gasteiger partial charge in [-0.25, -0.2) is 4.98 Å². The van der Waals surface area contributed by atoms with Crippen LogP contribution >= 0.6 is 11.6 Å². The van der Waals surface area contributed by atoms with E-state index in [4.69, 9.17) is 21.1 Å². The first-order chi connectivity index (χ1) is 27.2. The molecule has 4 aromatic rings. The number of aromatic nitrogens is 4. The highest BCUT2D eigenvalue weighted by atomic mass is 35.5. The Kier molecular flexibility index (Phi) is 15.1. The first-order valence-corrected chi connectivity index (χ1v) is 17.0. The maximum atomic E-state index is 13.0. The average Bonchev–Trinajstić information content (AvgIpc) is 3.18. The number of alkyl halides is 9. The number of aldehydes is 1. The molecule has 2 aliphatic rings. The molecule has 3 aromatic heterocycles. The third kappa shape index (κ3) is 13.9. The molecule has 0 aliphatic carbocycles. The van der Waals surface area contributed by atoms with Crippen molar-refractivity contribution in [2.75, 3.05) is 43.4 Å². The number of amides is 1. The third-order valence-electron chi connectivity index (χ3n) is 7.86. The zero-order chi connectivity index (χ0) is 42.7. The fourth-order valence-electron chi connectivity index (χ4n) is 5.14. The molecule has 2 aliphatic heterocycles. The van der Waals surface area contributed by atoms with Gasteiger partial charge in [-0.05, 0) is 59.9 Å². The maximum Gasteiger partial charge on any atom is 0.458 e. The zero-order valence-corrected chi connectivity index (χ0v) is 30.3. The Bertz CT molecular complexity index is 2040. The molecule has 58 heavy (non-hydrogen) atoms. The summed E-state index contributed by atoms with van der Waals surface area (Å²) in [7, 11) is 0. The minimum Gasteiger partial charge on any atom is -0.483 e. The molecule has 6 bridgehead atoms. The van der Waals surface area contributed by atoms with Crippen LogP contribution in [0.4, 0.5) is 62.7 Å². The zero-order valence-electron chi connectivity index (χ0n) is 29.6. The lowest BCUT2D eigenvalue weighted by Crippen LogP contribution is -2.49. The van der Waals surface area contributed by atoms with E-state index in [9.17, 15) is 53.9 Å². The van der Waals surface area contributed by atoms with Gasteiger partial charge in [0.1, 0.15) is 10.8 Å². The van der Waals surface area contributed by atoms with Crippen LogP contribution in [-0.2, 0) is 38.6 Å². The number of carbonyl (C=O) groups is 4. The van der Waals surface area contributed by atoms with Crippen LogP contribution in [0, 0.1) is 0 Å². The number of fused-ring (bicyclic) bond motifs is 6. The fraction of sp³-hybridized carbons (Fsp3) is 0.314. The second-order valence-electron chi connectivity index (χ2n) is 12.2. The molecule has 2 N–H and O–H groups in total. The SMILES string of the molecule is O=C(C(=O)C(F)(F)F)C(F)(F)F.O=C(COc1ccc2cc1CCc1cncc(c1)Nc1ncc(Cl)c(n1)N2)N1CCN(Cc2cccnc2)CC1.O=CC(F)(F)F. The summed E-state index contributed by atoms with van der Waals surface area (Å²) in [5.41, 5.74) is 4.82. The summed E-state index contributed by atoms with van der Waals surface area (Å²) >= 11 is 6.37. The number of ether oxygens (including phenoxy) is 1. The van der Waals surface area contributed by atoms with Crippen LogP contribution in [0.2, 0.25) is 5.02 Å². The molecule has 310 valence electrons. The Labute approximate surface area is 327 Å². The Hall–Kier alpha value is -5.90. The molecular weight excluding hydrogens is 819 g/mol. The van der Waals surface area contributed by atoms with Gasteiger partial charge in [-0.1, -0.05) is 17.7 Å². The summed E-state index contributed by atoms with van der Waals surface area (Å²) < 4.78 is 104. The highest BCUT2D eigenvalue weighted by Crippen LogP contribution is 2.30. The number of rotatable bonds is 6. The van der Waals surface area contributed by atoms with Crippen LogP contribution in [0.5, 0.6) is 5.75 Å². The Morgan fingerprint density at radius 3 is 2.09 bits per heavy atom. The van der Waals surface area contributed by atoms with E-state index in [-0.39, 0.29) is 12.5 Å². The number of carbonyl (C=O) groups excluding carboxylic acids is 4. The fourth-order valence-corrected chi connectivity index (χ4v) is 5.28. The Morgan fingerprint density at radius 1 is 0.810 bits per heavy atom. The topological polar surface area (TPSA) is 160 Å². The third-order valence-corrected chi connectivity index (χ3v) is 8.14. The van der Waals surface area contributed by atoms with Crippen molar-refractivity contribution in [2.45, 2.75) is 37.9 Å². The largest absolute Gasteiger partial charge is 0.483 e. The lowest BCUT2D eigenvalue weighted by atomic mass is 10.0. The molecule has 5 heterocycles. The number of aryl methyl sites for hydroxylation is 2. The molecule has 1 aromatic carbocycles. The molecule has 23 heteroatoms. The van der Waals surface area contributed by atoms with Gasteiger partial charge in [-0.15, -0.1) is 0 Å². The van der Waals surface area contributed by atoms with E-state index in [1.54, 1.807) is 18.6 Å². The molecule has 0 atom stereocenters. The molecular formula is C35H30ClF9N8O5. The predicted octanol–water partition coefficient (Wildman–Crippen LogP) is 6.23. The van der Waals surface area contributed by atoms with Crippen molar-refractivity contribution < 1.29 is 63.4 Å². The summed E-state index contributed by atoms with van der Waals surface area (Å²) in [5, 5.41) is 6.88. The smallest absolute Gasteiger partial charge is 0.458 e.